The van der Waals surface area contributed by atoms with Crippen molar-refractivity contribution in [2.24, 2.45) is 11.8 Å². The van der Waals surface area contributed by atoms with Gasteiger partial charge in [0.05, 0.1) is 4.88 Å². The highest BCUT2D eigenvalue weighted by Crippen LogP contribution is 2.32. The van der Waals surface area contributed by atoms with Crippen molar-refractivity contribution in [3.05, 3.63) is 70.6 Å². The largest absolute Gasteiger partial charge is 0.381 e. The van der Waals surface area contributed by atoms with E-state index in [1.165, 1.54) is 11.3 Å². The fourth-order valence-electron chi connectivity index (χ4n) is 7.31. The van der Waals surface area contributed by atoms with Crippen LogP contribution in [0.15, 0.2) is 54.6 Å². The van der Waals surface area contributed by atoms with Gasteiger partial charge in [0.25, 0.3) is 5.91 Å². The Balaban J connectivity index is 1.08. The number of hydrogen-bond donors (Lipinski definition) is 3. The van der Waals surface area contributed by atoms with E-state index >= 15 is 0 Å². The summed E-state index contributed by atoms with van der Waals surface area (Å²) in [5, 5.41) is 10.4. The van der Waals surface area contributed by atoms with Crippen molar-refractivity contribution in [1.29, 1.82) is 0 Å². The van der Waals surface area contributed by atoms with Crippen LogP contribution in [-0.2, 0) is 20.7 Å². The molecule has 3 amide bonds. The number of ether oxygens (including phenoxy) is 1. The molecule has 1 atom stereocenters. The Bertz CT molecular complexity index is 1490. The lowest BCUT2D eigenvalue weighted by Gasteiger charge is -2.35. The summed E-state index contributed by atoms with van der Waals surface area (Å²) in [5.41, 5.74) is 1.09. The summed E-state index contributed by atoms with van der Waals surface area (Å²) in [4.78, 5) is 44.4. The number of piperidine rings is 1. The lowest BCUT2D eigenvalue weighted by molar-refractivity contribution is -0.132. The van der Waals surface area contributed by atoms with Gasteiger partial charge in [-0.3, -0.25) is 14.4 Å². The van der Waals surface area contributed by atoms with Gasteiger partial charge in [0.1, 0.15) is 11.6 Å². The van der Waals surface area contributed by atoms with Crippen molar-refractivity contribution in [2.45, 2.75) is 76.3 Å². The van der Waals surface area contributed by atoms with Gasteiger partial charge in [-0.1, -0.05) is 55.3 Å². The second kappa shape index (κ2) is 15.1. The van der Waals surface area contributed by atoms with Gasteiger partial charge in [-0.2, -0.15) is 0 Å². The molecule has 1 aromatic heterocycles. The zero-order chi connectivity index (χ0) is 31.9. The standard InChI is InChI=1S/C37H48N4O4S/c1-26-9-10-30-23-33(46-32(30)21-26)35(43)40-37(15-5-6-16-37)36(44)39-31(22-27-7-3-2-4-8-27)34(42)38-24-28-11-17-41(18-12-28)25-29-13-19-45-20-14-29/h2-4,7-10,21,23,28-29,31H,5-6,11-20,22,24-25H2,1H3,(H,38,42)(H,39,44)(H,40,43)/t31-/m1/s1. The minimum atomic E-state index is -1.03. The van der Waals surface area contributed by atoms with Crippen LogP contribution < -0.4 is 16.0 Å². The third kappa shape index (κ3) is 8.17. The number of carbonyl (C=O) groups is 3. The van der Waals surface area contributed by atoms with E-state index in [0.29, 0.717) is 36.6 Å². The number of nitrogens with zero attached hydrogens (tertiary/aromatic N) is 1. The molecule has 3 aliphatic rings. The average molecular weight is 645 g/mol. The predicted octanol–water partition coefficient (Wildman–Crippen LogP) is 5.23. The number of likely N-dealkylation sites (tertiary alicyclic amines) is 1. The highest BCUT2D eigenvalue weighted by molar-refractivity contribution is 7.20. The Morgan fingerprint density at radius 2 is 1.70 bits per heavy atom. The van der Waals surface area contributed by atoms with Crippen molar-refractivity contribution in [1.82, 2.24) is 20.9 Å². The normalized spacial score (nSPS) is 19.9. The van der Waals surface area contributed by atoms with E-state index in [1.807, 2.05) is 55.5 Å². The molecule has 3 aromatic rings. The fraction of sp³-hybridized carbons (Fsp3) is 0.541. The molecule has 2 aliphatic heterocycles. The summed E-state index contributed by atoms with van der Waals surface area (Å²) in [5.74, 6) is 0.486. The number of rotatable bonds is 11. The van der Waals surface area contributed by atoms with Crippen LogP contribution >= 0.6 is 11.3 Å². The first kappa shape index (κ1) is 32.7. The first-order chi connectivity index (χ1) is 22.4. The van der Waals surface area contributed by atoms with Gasteiger partial charge in [0.2, 0.25) is 11.8 Å². The maximum Gasteiger partial charge on any atom is 0.262 e. The molecule has 8 nitrogen and oxygen atoms in total. The van der Waals surface area contributed by atoms with Gasteiger partial charge in [-0.15, -0.1) is 11.3 Å². The molecule has 6 rings (SSSR count). The second-order valence-electron chi connectivity index (χ2n) is 13.7. The zero-order valence-electron chi connectivity index (χ0n) is 27.0. The number of carbonyl (C=O) groups excluding carboxylic acids is 3. The fourth-order valence-corrected chi connectivity index (χ4v) is 8.36. The number of nitrogens with one attached hydrogen (secondary N) is 3. The van der Waals surface area contributed by atoms with Crippen LogP contribution in [0.1, 0.15) is 72.2 Å². The molecule has 0 spiro atoms. The first-order valence-corrected chi connectivity index (χ1v) is 17.9. The third-order valence-electron chi connectivity index (χ3n) is 10.2. The van der Waals surface area contributed by atoms with Crippen molar-refractivity contribution in [2.75, 3.05) is 39.4 Å². The minimum Gasteiger partial charge on any atom is -0.381 e. The van der Waals surface area contributed by atoms with Crippen molar-refractivity contribution >= 4 is 39.1 Å². The van der Waals surface area contributed by atoms with Gasteiger partial charge < -0.3 is 25.6 Å². The molecule has 0 radical (unpaired) electrons. The molecule has 9 heteroatoms. The predicted molar refractivity (Wildman–Crippen MR) is 183 cm³/mol. The number of aryl methyl sites for hydroxylation is 1. The number of hydrogen-bond acceptors (Lipinski definition) is 6. The van der Waals surface area contributed by atoms with E-state index in [0.717, 1.165) is 98.5 Å². The molecule has 46 heavy (non-hydrogen) atoms. The summed E-state index contributed by atoms with van der Waals surface area (Å²) in [6.45, 7) is 7.68. The summed E-state index contributed by atoms with van der Waals surface area (Å²) in [7, 11) is 0. The SMILES string of the molecule is Cc1ccc2cc(C(=O)NC3(C(=O)N[C@H](Cc4ccccc4)C(=O)NCC4CCN(CC5CCOCC5)CC4)CCCC3)sc2c1. The Kier molecular flexibility index (Phi) is 10.7. The molecule has 3 heterocycles. The Morgan fingerprint density at radius 3 is 2.43 bits per heavy atom. The molecule has 2 saturated heterocycles. The molecule has 0 bridgehead atoms. The molecule has 246 valence electrons. The highest BCUT2D eigenvalue weighted by atomic mass is 32.1. The minimum absolute atomic E-state index is 0.166. The smallest absolute Gasteiger partial charge is 0.262 e. The van der Waals surface area contributed by atoms with Crippen molar-refractivity contribution in [3.63, 3.8) is 0 Å². The highest BCUT2D eigenvalue weighted by Gasteiger charge is 2.44. The molecule has 1 saturated carbocycles. The molecule has 3 fully saturated rings. The number of amides is 3. The quantitative estimate of drug-likeness (QED) is 0.266. The van der Waals surface area contributed by atoms with Gasteiger partial charge in [0, 0.05) is 37.4 Å². The van der Waals surface area contributed by atoms with Gasteiger partial charge in [0.15, 0.2) is 0 Å². The number of thiophene rings is 1. The number of benzene rings is 2. The van der Waals surface area contributed by atoms with Crippen LogP contribution in [0.25, 0.3) is 10.1 Å². The first-order valence-electron chi connectivity index (χ1n) is 17.1. The van der Waals surface area contributed by atoms with E-state index in [-0.39, 0.29) is 17.7 Å². The van der Waals surface area contributed by atoms with E-state index in [9.17, 15) is 14.4 Å². The van der Waals surface area contributed by atoms with E-state index in [1.54, 1.807) is 0 Å². The molecule has 1 aliphatic carbocycles. The Hall–Kier alpha value is -3.27. The van der Waals surface area contributed by atoms with Crippen LogP contribution in [0.3, 0.4) is 0 Å². The van der Waals surface area contributed by atoms with Crippen molar-refractivity contribution < 1.29 is 19.1 Å². The summed E-state index contributed by atoms with van der Waals surface area (Å²) in [6, 6.07) is 17.1. The Morgan fingerprint density at radius 1 is 0.957 bits per heavy atom. The molecular weight excluding hydrogens is 596 g/mol. The van der Waals surface area contributed by atoms with Gasteiger partial charge in [-0.25, -0.2) is 0 Å². The molecule has 0 unspecified atom stereocenters. The average Bonchev–Trinajstić information content (AvgIpc) is 3.73. The maximum atomic E-state index is 14.0. The van der Waals surface area contributed by atoms with Crippen LogP contribution in [0.2, 0.25) is 0 Å². The van der Waals surface area contributed by atoms with Crippen molar-refractivity contribution in [3.8, 4) is 0 Å². The topological polar surface area (TPSA) is 99.8 Å². The van der Waals surface area contributed by atoms with Crippen LogP contribution in [0, 0.1) is 18.8 Å². The van der Waals surface area contributed by atoms with E-state index < -0.39 is 11.6 Å². The lowest BCUT2D eigenvalue weighted by Crippen LogP contribution is -2.61. The Labute approximate surface area is 276 Å². The van der Waals surface area contributed by atoms with Crippen LogP contribution in [0.5, 0.6) is 0 Å². The molecule has 3 N–H and O–H groups in total. The van der Waals surface area contributed by atoms with Gasteiger partial charge >= 0.3 is 0 Å². The summed E-state index contributed by atoms with van der Waals surface area (Å²) >= 11 is 1.45. The third-order valence-corrected chi connectivity index (χ3v) is 11.3. The lowest BCUT2D eigenvalue weighted by atomic mass is 9.93. The van der Waals surface area contributed by atoms with E-state index in [2.05, 4.69) is 26.9 Å². The van der Waals surface area contributed by atoms with Crippen LogP contribution in [0.4, 0.5) is 0 Å². The van der Waals surface area contributed by atoms with E-state index in [4.69, 9.17) is 4.74 Å². The zero-order valence-corrected chi connectivity index (χ0v) is 27.8. The number of fused-ring (bicyclic) bond motifs is 1. The monoisotopic (exact) mass is 644 g/mol. The summed E-state index contributed by atoms with van der Waals surface area (Å²) < 4.78 is 6.58. The maximum absolute atomic E-state index is 14.0. The van der Waals surface area contributed by atoms with Gasteiger partial charge in [-0.05, 0) is 99.0 Å². The second-order valence-corrected chi connectivity index (χ2v) is 14.7. The van der Waals surface area contributed by atoms with Crippen LogP contribution in [-0.4, -0.2) is 73.6 Å². The molecule has 2 aromatic carbocycles. The molecular formula is C37H48N4O4S. The summed E-state index contributed by atoms with van der Waals surface area (Å²) in [6.07, 6.45) is 7.63.